The number of aromatic nitrogens is 2. The Balaban J connectivity index is 1.86. The number of rotatable bonds is 4. The molecule has 0 aliphatic heterocycles. The lowest BCUT2D eigenvalue weighted by Crippen LogP contribution is -1.98. The fraction of sp³-hybridized carbons (Fsp3) is 0.467. The summed E-state index contributed by atoms with van der Waals surface area (Å²) in [5.41, 5.74) is 3.75. The van der Waals surface area contributed by atoms with E-state index in [1.54, 1.807) is 0 Å². The molecule has 1 unspecified atom stereocenters. The van der Waals surface area contributed by atoms with Gasteiger partial charge in [-0.15, -0.1) is 0 Å². The Kier molecular flexibility index (Phi) is 3.34. The predicted molar refractivity (Wildman–Crippen MR) is 71.6 cm³/mol. The van der Waals surface area contributed by atoms with Gasteiger partial charge in [-0.1, -0.05) is 24.6 Å². The number of hydrogen-bond donors (Lipinski definition) is 1. The van der Waals surface area contributed by atoms with Crippen molar-refractivity contribution in [3.8, 4) is 11.5 Å². The van der Waals surface area contributed by atoms with Crippen molar-refractivity contribution in [2.75, 3.05) is 0 Å². The molecular formula is C15H18N2O2. The molecule has 1 aromatic heterocycles. The maximum atomic E-state index is 9.85. The van der Waals surface area contributed by atoms with Crippen molar-refractivity contribution in [2.45, 2.75) is 45.1 Å². The summed E-state index contributed by atoms with van der Waals surface area (Å²) in [6.07, 6.45) is 4.44. The quantitative estimate of drug-likeness (QED) is 0.915. The lowest BCUT2D eigenvalue weighted by atomic mass is 10.1. The van der Waals surface area contributed by atoms with E-state index in [2.05, 4.69) is 22.3 Å². The first-order valence-corrected chi connectivity index (χ1v) is 6.91. The molecule has 100 valence electrons. The second-order valence-corrected chi connectivity index (χ2v) is 5.10. The molecule has 1 atom stereocenters. The van der Waals surface area contributed by atoms with E-state index in [1.807, 2.05) is 13.0 Å². The minimum absolute atomic E-state index is 0.386. The predicted octanol–water partition coefficient (Wildman–Crippen LogP) is 3.06. The highest BCUT2D eigenvalue weighted by Gasteiger charge is 2.17. The minimum atomic E-state index is -0.628. The van der Waals surface area contributed by atoms with Crippen LogP contribution in [0.5, 0.6) is 0 Å². The Bertz CT molecular complexity index is 577. The van der Waals surface area contributed by atoms with E-state index in [1.165, 1.54) is 24.0 Å². The molecule has 0 fully saturated rings. The third-order valence-corrected chi connectivity index (χ3v) is 3.65. The first-order chi connectivity index (χ1) is 9.28. The third kappa shape index (κ3) is 2.40. The zero-order chi connectivity index (χ0) is 13.2. The number of aryl methyl sites for hydroxylation is 2. The highest BCUT2D eigenvalue weighted by atomic mass is 16.5. The van der Waals surface area contributed by atoms with Gasteiger partial charge in [-0.3, -0.25) is 0 Å². The average Bonchev–Trinajstić information content (AvgIpc) is 3.07. The lowest BCUT2D eigenvalue weighted by molar-refractivity contribution is 0.153. The van der Waals surface area contributed by atoms with E-state index >= 15 is 0 Å². The van der Waals surface area contributed by atoms with E-state index in [-0.39, 0.29) is 0 Å². The summed E-state index contributed by atoms with van der Waals surface area (Å²) in [6.45, 7) is 2.02. The van der Waals surface area contributed by atoms with Crippen LogP contribution < -0.4 is 0 Å². The van der Waals surface area contributed by atoms with Crippen LogP contribution in [0.2, 0.25) is 0 Å². The first-order valence-electron chi connectivity index (χ1n) is 6.91. The van der Waals surface area contributed by atoms with Crippen LogP contribution in [0.25, 0.3) is 11.5 Å². The zero-order valence-corrected chi connectivity index (χ0v) is 11.1. The van der Waals surface area contributed by atoms with Gasteiger partial charge in [0.2, 0.25) is 5.82 Å². The Morgan fingerprint density at radius 2 is 2.16 bits per heavy atom. The largest absolute Gasteiger partial charge is 0.385 e. The molecule has 0 spiro atoms. The molecule has 1 aromatic carbocycles. The van der Waals surface area contributed by atoms with Crippen molar-refractivity contribution in [3.05, 3.63) is 35.2 Å². The molecule has 0 amide bonds. The summed E-state index contributed by atoms with van der Waals surface area (Å²) >= 11 is 0. The van der Waals surface area contributed by atoms with Crippen LogP contribution in [-0.4, -0.2) is 15.2 Å². The fourth-order valence-electron chi connectivity index (χ4n) is 2.59. The Labute approximate surface area is 112 Å². The van der Waals surface area contributed by atoms with Crippen molar-refractivity contribution in [1.82, 2.24) is 10.1 Å². The lowest BCUT2D eigenvalue weighted by Gasteiger charge is -2.02. The molecule has 0 radical (unpaired) electrons. The summed E-state index contributed by atoms with van der Waals surface area (Å²) in [5, 5.41) is 13.7. The van der Waals surface area contributed by atoms with Crippen LogP contribution in [0.3, 0.4) is 0 Å². The second-order valence-electron chi connectivity index (χ2n) is 5.10. The van der Waals surface area contributed by atoms with E-state index in [4.69, 9.17) is 4.52 Å². The standard InChI is InChI=1S/C15H18N2O2/c1-2-4-13(18)14-16-15(19-17-14)12-8-7-10-5-3-6-11(10)9-12/h7-9,13,18H,2-6H2,1H3. The molecule has 4 nitrogen and oxygen atoms in total. The number of fused-ring (bicyclic) bond motifs is 1. The summed E-state index contributed by atoms with van der Waals surface area (Å²) in [6, 6.07) is 6.30. The van der Waals surface area contributed by atoms with Crippen molar-refractivity contribution >= 4 is 0 Å². The van der Waals surface area contributed by atoms with Crippen LogP contribution >= 0.6 is 0 Å². The molecule has 1 aliphatic carbocycles. The molecule has 4 heteroatoms. The molecule has 1 N–H and O–H groups in total. The smallest absolute Gasteiger partial charge is 0.258 e. The number of nitrogens with zero attached hydrogens (tertiary/aromatic N) is 2. The van der Waals surface area contributed by atoms with Crippen molar-refractivity contribution in [3.63, 3.8) is 0 Å². The summed E-state index contributed by atoms with van der Waals surface area (Å²) in [7, 11) is 0. The molecule has 2 aromatic rings. The van der Waals surface area contributed by atoms with Gasteiger partial charge in [0.05, 0.1) is 0 Å². The maximum Gasteiger partial charge on any atom is 0.258 e. The molecule has 0 saturated heterocycles. The summed E-state index contributed by atoms with van der Waals surface area (Å²) in [5.74, 6) is 0.886. The Morgan fingerprint density at radius 3 is 3.00 bits per heavy atom. The van der Waals surface area contributed by atoms with Crippen LogP contribution in [0.15, 0.2) is 22.7 Å². The fourth-order valence-corrected chi connectivity index (χ4v) is 2.59. The number of aliphatic hydroxyl groups is 1. The van der Waals surface area contributed by atoms with Gasteiger partial charge in [0, 0.05) is 5.56 Å². The molecule has 19 heavy (non-hydrogen) atoms. The highest BCUT2D eigenvalue weighted by Crippen LogP contribution is 2.28. The number of hydrogen-bond acceptors (Lipinski definition) is 4. The summed E-state index contributed by atoms with van der Waals surface area (Å²) < 4.78 is 5.26. The van der Waals surface area contributed by atoms with Crippen molar-refractivity contribution in [2.24, 2.45) is 0 Å². The topological polar surface area (TPSA) is 59.2 Å². The Morgan fingerprint density at radius 1 is 1.32 bits per heavy atom. The van der Waals surface area contributed by atoms with Gasteiger partial charge in [0.1, 0.15) is 6.10 Å². The van der Waals surface area contributed by atoms with E-state index in [0.29, 0.717) is 18.1 Å². The zero-order valence-electron chi connectivity index (χ0n) is 11.1. The Hall–Kier alpha value is -1.68. The van der Waals surface area contributed by atoms with Crippen molar-refractivity contribution in [1.29, 1.82) is 0 Å². The van der Waals surface area contributed by atoms with Gasteiger partial charge in [0.25, 0.3) is 5.89 Å². The van der Waals surface area contributed by atoms with Crippen LogP contribution in [0.4, 0.5) is 0 Å². The van der Waals surface area contributed by atoms with Gasteiger partial charge in [-0.05, 0) is 48.9 Å². The maximum absolute atomic E-state index is 9.85. The monoisotopic (exact) mass is 258 g/mol. The van der Waals surface area contributed by atoms with E-state index in [9.17, 15) is 5.11 Å². The number of benzene rings is 1. The second kappa shape index (κ2) is 5.13. The molecule has 1 heterocycles. The molecule has 0 bridgehead atoms. The van der Waals surface area contributed by atoms with Crippen molar-refractivity contribution < 1.29 is 9.63 Å². The third-order valence-electron chi connectivity index (χ3n) is 3.65. The van der Waals surface area contributed by atoms with Gasteiger partial charge >= 0.3 is 0 Å². The van der Waals surface area contributed by atoms with Gasteiger partial charge < -0.3 is 9.63 Å². The van der Waals surface area contributed by atoms with Crippen LogP contribution in [0, 0.1) is 0 Å². The molecular weight excluding hydrogens is 240 g/mol. The first kappa shape index (κ1) is 12.4. The number of aliphatic hydroxyl groups excluding tert-OH is 1. The van der Waals surface area contributed by atoms with Crippen LogP contribution in [0.1, 0.15) is 49.2 Å². The SMILES string of the molecule is CCCC(O)c1noc(-c2ccc3c(c2)CCC3)n1. The highest BCUT2D eigenvalue weighted by molar-refractivity contribution is 5.56. The van der Waals surface area contributed by atoms with E-state index < -0.39 is 6.10 Å². The van der Waals surface area contributed by atoms with Crippen LogP contribution in [-0.2, 0) is 12.8 Å². The molecule has 1 aliphatic rings. The average molecular weight is 258 g/mol. The van der Waals surface area contributed by atoms with E-state index in [0.717, 1.165) is 18.4 Å². The van der Waals surface area contributed by atoms with Gasteiger partial charge in [0.15, 0.2) is 0 Å². The minimum Gasteiger partial charge on any atom is -0.385 e. The van der Waals surface area contributed by atoms with Gasteiger partial charge in [-0.25, -0.2) is 0 Å². The normalized spacial score (nSPS) is 15.5. The molecule has 0 saturated carbocycles. The van der Waals surface area contributed by atoms with Gasteiger partial charge in [-0.2, -0.15) is 4.98 Å². The molecule has 3 rings (SSSR count). The summed E-state index contributed by atoms with van der Waals surface area (Å²) in [4.78, 5) is 4.30.